The number of aromatic amines is 1. The third-order valence-electron chi connectivity index (χ3n) is 4.89. The van der Waals surface area contributed by atoms with Crippen LogP contribution in [0.3, 0.4) is 0 Å². The molecule has 0 radical (unpaired) electrons. The summed E-state index contributed by atoms with van der Waals surface area (Å²) in [5.74, 6) is 0.453. The van der Waals surface area contributed by atoms with Gasteiger partial charge in [0.15, 0.2) is 15.7 Å². The van der Waals surface area contributed by atoms with E-state index in [1.807, 2.05) is 11.5 Å². The molecule has 0 unspecified atom stereocenters. The normalized spacial score (nSPS) is 14.3. The maximum Gasteiger partial charge on any atom is 0.315 e. The molecule has 1 fully saturated rings. The van der Waals surface area contributed by atoms with Crippen LogP contribution >= 0.6 is 23.6 Å². The van der Waals surface area contributed by atoms with Crippen LogP contribution in [0.1, 0.15) is 44.2 Å². The smallest absolute Gasteiger partial charge is 0.315 e. The van der Waals surface area contributed by atoms with Crippen molar-refractivity contribution in [1.29, 1.82) is 0 Å². The third kappa shape index (κ3) is 5.76. The van der Waals surface area contributed by atoms with E-state index in [0.29, 0.717) is 22.3 Å². The van der Waals surface area contributed by atoms with Crippen LogP contribution in [0.25, 0.3) is 10.7 Å². The lowest BCUT2D eigenvalue weighted by Gasteiger charge is -2.22. The second kappa shape index (κ2) is 10.5. The number of hydrogen-bond acceptors (Lipinski definition) is 6. The van der Waals surface area contributed by atoms with Gasteiger partial charge in [-0.25, -0.2) is 9.78 Å². The Morgan fingerprint density at radius 3 is 2.87 bits per heavy atom. The summed E-state index contributed by atoms with van der Waals surface area (Å²) in [5, 5.41) is 16.0. The fourth-order valence-corrected chi connectivity index (χ4v) is 4.59. The molecule has 0 saturated heterocycles. The van der Waals surface area contributed by atoms with Crippen LogP contribution in [-0.2, 0) is 11.3 Å². The summed E-state index contributed by atoms with van der Waals surface area (Å²) in [6.45, 7) is 6.38. The van der Waals surface area contributed by atoms with Crippen LogP contribution < -0.4 is 16.0 Å². The molecule has 9 nitrogen and oxygen atoms in total. The Morgan fingerprint density at radius 1 is 1.37 bits per heavy atom. The minimum absolute atomic E-state index is 0.168. The van der Waals surface area contributed by atoms with Gasteiger partial charge in [-0.2, -0.15) is 5.10 Å². The van der Waals surface area contributed by atoms with Gasteiger partial charge in [-0.05, 0) is 32.0 Å². The number of amides is 3. The second-order valence-corrected chi connectivity index (χ2v) is 8.60. The Kier molecular flexibility index (Phi) is 7.75. The SMILES string of the molecule is C=CCn1c(-c2sc(NC(=O)CCNC(=O)NC3CCCCC3)nc2C)n[nH]c1=S. The predicted octanol–water partition coefficient (Wildman–Crippen LogP) is 3.52. The number of carbonyl (C=O) groups excluding carboxylic acids is 2. The summed E-state index contributed by atoms with van der Waals surface area (Å²) in [5.41, 5.74) is 0.750. The number of urea groups is 1. The molecule has 162 valence electrons. The first-order chi connectivity index (χ1) is 14.5. The van der Waals surface area contributed by atoms with Crippen molar-refractivity contribution < 1.29 is 9.59 Å². The quantitative estimate of drug-likeness (QED) is 0.363. The van der Waals surface area contributed by atoms with Crippen molar-refractivity contribution in [3.63, 3.8) is 0 Å². The highest BCUT2D eigenvalue weighted by atomic mass is 32.1. The molecular formula is C19H27N7O2S2. The van der Waals surface area contributed by atoms with E-state index >= 15 is 0 Å². The van der Waals surface area contributed by atoms with Crippen LogP contribution in [0.15, 0.2) is 12.7 Å². The van der Waals surface area contributed by atoms with Crippen molar-refractivity contribution in [1.82, 2.24) is 30.4 Å². The van der Waals surface area contributed by atoms with Gasteiger partial charge in [-0.15, -0.1) is 6.58 Å². The molecule has 3 amide bonds. The molecule has 1 saturated carbocycles. The maximum atomic E-state index is 12.2. The Balaban J connectivity index is 1.50. The number of anilines is 1. The fraction of sp³-hybridized carbons (Fsp3) is 0.526. The average molecular weight is 450 g/mol. The van der Waals surface area contributed by atoms with Crippen molar-refractivity contribution in [3.8, 4) is 10.7 Å². The van der Waals surface area contributed by atoms with E-state index < -0.39 is 0 Å². The summed E-state index contributed by atoms with van der Waals surface area (Å²) in [6, 6.07) is 0.0259. The van der Waals surface area contributed by atoms with Gasteiger partial charge in [-0.1, -0.05) is 36.7 Å². The molecule has 4 N–H and O–H groups in total. The van der Waals surface area contributed by atoms with Crippen LogP contribution in [0.5, 0.6) is 0 Å². The summed E-state index contributed by atoms with van der Waals surface area (Å²) in [4.78, 5) is 29.4. The molecule has 2 aromatic heterocycles. The molecule has 11 heteroatoms. The van der Waals surface area contributed by atoms with Gasteiger partial charge in [0.2, 0.25) is 5.91 Å². The number of aryl methyl sites for hydroxylation is 1. The molecule has 2 aromatic rings. The number of carbonyl (C=O) groups is 2. The molecule has 2 heterocycles. The van der Waals surface area contributed by atoms with Crippen molar-refractivity contribution in [2.45, 2.75) is 58.0 Å². The van der Waals surface area contributed by atoms with E-state index in [4.69, 9.17) is 12.2 Å². The van der Waals surface area contributed by atoms with Gasteiger partial charge in [0.25, 0.3) is 0 Å². The van der Waals surface area contributed by atoms with Crippen molar-refractivity contribution in [2.24, 2.45) is 0 Å². The highest BCUT2D eigenvalue weighted by molar-refractivity contribution is 7.71. The number of rotatable bonds is 8. The lowest BCUT2D eigenvalue weighted by Crippen LogP contribution is -2.43. The summed E-state index contributed by atoms with van der Waals surface area (Å²) in [7, 11) is 0. The Hall–Kier alpha value is -2.53. The molecular weight excluding hydrogens is 422 g/mol. The molecule has 1 aliphatic carbocycles. The van der Waals surface area contributed by atoms with E-state index in [-0.39, 0.29) is 30.9 Å². The number of thiazole rings is 1. The molecule has 3 rings (SSSR count). The van der Waals surface area contributed by atoms with Gasteiger partial charge >= 0.3 is 6.03 Å². The van der Waals surface area contributed by atoms with Crippen molar-refractivity contribution >= 4 is 40.6 Å². The fourth-order valence-electron chi connectivity index (χ4n) is 3.40. The first kappa shape index (κ1) is 22.2. The molecule has 0 aromatic carbocycles. The summed E-state index contributed by atoms with van der Waals surface area (Å²) < 4.78 is 2.32. The van der Waals surface area contributed by atoms with Gasteiger partial charge < -0.3 is 16.0 Å². The van der Waals surface area contributed by atoms with Gasteiger partial charge in [-0.3, -0.25) is 14.5 Å². The first-order valence-corrected chi connectivity index (χ1v) is 11.3. The first-order valence-electron chi connectivity index (χ1n) is 10.1. The number of aromatic nitrogens is 4. The average Bonchev–Trinajstić information content (AvgIpc) is 3.25. The van der Waals surface area contributed by atoms with E-state index in [9.17, 15) is 9.59 Å². The van der Waals surface area contributed by atoms with E-state index in [2.05, 4.69) is 37.7 Å². The zero-order valence-electron chi connectivity index (χ0n) is 17.0. The minimum Gasteiger partial charge on any atom is -0.338 e. The van der Waals surface area contributed by atoms with Crippen LogP contribution in [-0.4, -0.2) is 44.3 Å². The monoisotopic (exact) mass is 449 g/mol. The maximum absolute atomic E-state index is 12.2. The number of allylic oxidation sites excluding steroid dienone is 1. The number of hydrogen-bond donors (Lipinski definition) is 4. The standard InChI is InChI=1S/C19H27N7O2S2/c1-3-11-26-16(24-25-19(26)29)15-12(2)21-18(30-15)23-14(27)9-10-20-17(28)22-13-7-5-4-6-8-13/h3,13H,1,4-11H2,2H3,(H,25,29)(H2,20,22,28)(H,21,23,27). The third-order valence-corrected chi connectivity index (χ3v) is 6.27. The topological polar surface area (TPSA) is 117 Å². The Labute approximate surface area is 184 Å². The molecule has 30 heavy (non-hydrogen) atoms. The summed E-state index contributed by atoms with van der Waals surface area (Å²) >= 11 is 6.58. The lowest BCUT2D eigenvalue weighted by molar-refractivity contribution is -0.116. The highest BCUT2D eigenvalue weighted by Crippen LogP contribution is 2.31. The Bertz CT molecular complexity index is 956. The number of H-pyrrole nitrogens is 1. The van der Waals surface area contributed by atoms with E-state index in [1.54, 1.807) is 6.08 Å². The van der Waals surface area contributed by atoms with E-state index in [1.165, 1.54) is 17.8 Å². The van der Waals surface area contributed by atoms with Gasteiger partial charge in [0, 0.05) is 25.6 Å². The van der Waals surface area contributed by atoms with Crippen LogP contribution in [0.2, 0.25) is 0 Å². The van der Waals surface area contributed by atoms with Gasteiger partial charge in [0.05, 0.1) is 10.6 Å². The zero-order chi connectivity index (χ0) is 21.5. The number of nitrogens with one attached hydrogen (secondary N) is 4. The summed E-state index contributed by atoms with van der Waals surface area (Å²) in [6.07, 6.45) is 7.50. The van der Waals surface area contributed by atoms with Gasteiger partial charge in [0.1, 0.15) is 0 Å². The largest absolute Gasteiger partial charge is 0.338 e. The van der Waals surface area contributed by atoms with Crippen molar-refractivity contribution in [2.75, 3.05) is 11.9 Å². The molecule has 0 spiro atoms. The Morgan fingerprint density at radius 2 is 2.13 bits per heavy atom. The highest BCUT2D eigenvalue weighted by Gasteiger charge is 2.18. The van der Waals surface area contributed by atoms with E-state index in [0.717, 1.165) is 36.3 Å². The van der Waals surface area contributed by atoms with Crippen LogP contribution in [0, 0.1) is 11.7 Å². The van der Waals surface area contributed by atoms with Crippen LogP contribution in [0.4, 0.5) is 9.93 Å². The second-order valence-electron chi connectivity index (χ2n) is 7.22. The number of nitrogens with zero attached hydrogens (tertiary/aromatic N) is 3. The minimum atomic E-state index is -0.216. The molecule has 0 atom stereocenters. The molecule has 1 aliphatic rings. The lowest BCUT2D eigenvalue weighted by atomic mass is 9.96. The zero-order valence-corrected chi connectivity index (χ0v) is 18.6. The predicted molar refractivity (Wildman–Crippen MR) is 120 cm³/mol. The molecule has 0 bridgehead atoms. The molecule has 0 aliphatic heterocycles. The van der Waals surface area contributed by atoms with Crippen molar-refractivity contribution in [3.05, 3.63) is 23.1 Å².